The van der Waals surface area contributed by atoms with Gasteiger partial charge in [0, 0.05) is 45.0 Å². The SMILES string of the molecule is CCNC(=NCCCOCC1CCOC1)NCCS(C)(=O)=O.I. The number of guanidine groups is 1. The molecule has 1 unspecified atom stereocenters. The Labute approximate surface area is 156 Å². The van der Waals surface area contributed by atoms with Crippen molar-refractivity contribution >= 4 is 39.8 Å². The van der Waals surface area contributed by atoms with Crippen molar-refractivity contribution in [2.75, 3.05) is 58.1 Å². The van der Waals surface area contributed by atoms with Gasteiger partial charge in [-0.2, -0.15) is 0 Å². The Balaban J connectivity index is 0.00000484. The topological polar surface area (TPSA) is 89.0 Å². The third kappa shape index (κ3) is 12.9. The predicted molar refractivity (Wildman–Crippen MR) is 103 cm³/mol. The van der Waals surface area contributed by atoms with Gasteiger partial charge in [-0.15, -0.1) is 24.0 Å². The Morgan fingerprint density at radius 3 is 2.78 bits per heavy atom. The summed E-state index contributed by atoms with van der Waals surface area (Å²) in [5.41, 5.74) is 0. The lowest BCUT2D eigenvalue weighted by Crippen LogP contribution is -2.39. The zero-order valence-corrected chi connectivity index (χ0v) is 17.2. The average Bonchev–Trinajstić information content (AvgIpc) is 2.94. The Morgan fingerprint density at radius 1 is 1.39 bits per heavy atom. The summed E-state index contributed by atoms with van der Waals surface area (Å²) in [6.07, 6.45) is 3.16. The van der Waals surface area contributed by atoms with Crippen molar-refractivity contribution in [1.29, 1.82) is 0 Å². The Bertz CT molecular complexity index is 426. The van der Waals surface area contributed by atoms with Crippen molar-refractivity contribution in [2.24, 2.45) is 10.9 Å². The molecule has 1 saturated heterocycles. The van der Waals surface area contributed by atoms with Gasteiger partial charge in [0.25, 0.3) is 0 Å². The van der Waals surface area contributed by atoms with E-state index in [1.807, 2.05) is 6.92 Å². The number of ether oxygens (including phenoxy) is 2. The highest BCUT2D eigenvalue weighted by Gasteiger charge is 2.15. The maximum absolute atomic E-state index is 11.1. The van der Waals surface area contributed by atoms with E-state index in [-0.39, 0.29) is 29.7 Å². The largest absolute Gasteiger partial charge is 0.381 e. The van der Waals surface area contributed by atoms with Gasteiger partial charge in [0.05, 0.1) is 19.0 Å². The normalized spacial score (nSPS) is 18.5. The first-order chi connectivity index (χ1) is 10.5. The lowest BCUT2D eigenvalue weighted by molar-refractivity contribution is 0.0893. The zero-order valence-electron chi connectivity index (χ0n) is 14.0. The molecule has 7 nitrogen and oxygen atoms in total. The third-order valence-electron chi connectivity index (χ3n) is 3.20. The summed E-state index contributed by atoms with van der Waals surface area (Å²) in [6, 6.07) is 0. The van der Waals surface area contributed by atoms with Crippen LogP contribution in [-0.2, 0) is 19.3 Å². The van der Waals surface area contributed by atoms with Gasteiger partial charge in [-0.25, -0.2) is 8.42 Å². The molecule has 0 saturated carbocycles. The lowest BCUT2D eigenvalue weighted by atomic mass is 10.1. The second kappa shape index (κ2) is 13.2. The minimum Gasteiger partial charge on any atom is -0.381 e. The summed E-state index contributed by atoms with van der Waals surface area (Å²) in [7, 11) is -2.95. The van der Waals surface area contributed by atoms with Crippen LogP contribution < -0.4 is 10.6 Å². The molecule has 0 aromatic carbocycles. The first-order valence-electron chi connectivity index (χ1n) is 7.86. The predicted octanol–water partition coefficient (Wildman–Crippen LogP) is 0.647. The van der Waals surface area contributed by atoms with Crippen LogP contribution in [0.3, 0.4) is 0 Å². The third-order valence-corrected chi connectivity index (χ3v) is 4.15. The fourth-order valence-corrected chi connectivity index (χ4v) is 2.49. The fraction of sp³-hybridized carbons (Fsp3) is 0.929. The van der Waals surface area contributed by atoms with E-state index >= 15 is 0 Å². The van der Waals surface area contributed by atoms with E-state index in [4.69, 9.17) is 9.47 Å². The molecule has 23 heavy (non-hydrogen) atoms. The van der Waals surface area contributed by atoms with E-state index in [0.717, 1.165) is 39.2 Å². The van der Waals surface area contributed by atoms with Crippen LogP contribution in [0.5, 0.6) is 0 Å². The van der Waals surface area contributed by atoms with Crippen LogP contribution in [0.15, 0.2) is 4.99 Å². The van der Waals surface area contributed by atoms with Crippen LogP contribution in [-0.4, -0.2) is 72.4 Å². The number of halogens is 1. The second-order valence-corrected chi connectivity index (χ2v) is 7.74. The van der Waals surface area contributed by atoms with Gasteiger partial charge < -0.3 is 20.1 Å². The van der Waals surface area contributed by atoms with Crippen molar-refractivity contribution < 1.29 is 17.9 Å². The lowest BCUT2D eigenvalue weighted by Gasteiger charge is -2.11. The van der Waals surface area contributed by atoms with E-state index in [1.165, 1.54) is 6.26 Å². The van der Waals surface area contributed by atoms with Crippen molar-refractivity contribution in [2.45, 2.75) is 19.8 Å². The minimum atomic E-state index is -2.95. The summed E-state index contributed by atoms with van der Waals surface area (Å²) < 4.78 is 33.1. The molecule has 1 heterocycles. The molecule has 1 fully saturated rings. The van der Waals surface area contributed by atoms with Gasteiger partial charge in [-0.1, -0.05) is 0 Å². The quantitative estimate of drug-likeness (QED) is 0.214. The standard InChI is InChI=1S/C14H29N3O4S.HI/c1-3-15-14(17-7-10-22(2,18)19)16-6-4-8-20-11-13-5-9-21-12-13;/h13H,3-12H2,1-2H3,(H2,15,16,17);1H. The van der Waals surface area contributed by atoms with Crippen molar-refractivity contribution in [3.05, 3.63) is 0 Å². The van der Waals surface area contributed by atoms with Crippen LogP contribution >= 0.6 is 24.0 Å². The van der Waals surface area contributed by atoms with Gasteiger partial charge in [0.2, 0.25) is 0 Å². The molecule has 1 aliphatic heterocycles. The maximum Gasteiger partial charge on any atom is 0.191 e. The number of aliphatic imine (C=N–C) groups is 1. The van der Waals surface area contributed by atoms with Gasteiger partial charge in [-0.3, -0.25) is 4.99 Å². The summed E-state index contributed by atoms with van der Waals surface area (Å²) in [5, 5.41) is 6.11. The molecule has 0 aliphatic carbocycles. The van der Waals surface area contributed by atoms with E-state index < -0.39 is 9.84 Å². The molecule has 0 bridgehead atoms. The molecule has 0 amide bonds. The van der Waals surface area contributed by atoms with Gasteiger partial charge in [0.1, 0.15) is 9.84 Å². The van der Waals surface area contributed by atoms with Crippen LogP contribution in [0.25, 0.3) is 0 Å². The number of rotatable bonds is 10. The smallest absolute Gasteiger partial charge is 0.191 e. The van der Waals surface area contributed by atoms with E-state index in [0.29, 0.717) is 31.6 Å². The fourth-order valence-electron chi connectivity index (χ4n) is 2.02. The molecule has 0 aromatic rings. The molecule has 2 N–H and O–H groups in total. The average molecular weight is 463 g/mol. The maximum atomic E-state index is 11.1. The van der Waals surface area contributed by atoms with E-state index in [2.05, 4.69) is 15.6 Å². The molecular formula is C14H30IN3O4S. The number of nitrogens with zero attached hydrogens (tertiary/aromatic N) is 1. The summed E-state index contributed by atoms with van der Waals surface area (Å²) >= 11 is 0. The van der Waals surface area contributed by atoms with Crippen molar-refractivity contribution in [3.63, 3.8) is 0 Å². The molecule has 0 aromatic heterocycles. The molecular weight excluding hydrogens is 433 g/mol. The summed E-state index contributed by atoms with van der Waals surface area (Å²) in [5.74, 6) is 1.29. The van der Waals surface area contributed by atoms with Gasteiger partial charge in [-0.05, 0) is 19.8 Å². The molecule has 0 spiro atoms. The van der Waals surface area contributed by atoms with Crippen LogP contribution in [0.1, 0.15) is 19.8 Å². The monoisotopic (exact) mass is 463 g/mol. The Hall–Kier alpha value is -0.130. The van der Waals surface area contributed by atoms with E-state index in [1.54, 1.807) is 0 Å². The molecule has 0 radical (unpaired) electrons. The van der Waals surface area contributed by atoms with Gasteiger partial charge >= 0.3 is 0 Å². The highest BCUT2D eigenvalue weighted by atomic mass is 127. The number of hydrogen-bond donors (Lipinski definition) is 2. The zero-order chi connectivity index (χ0) is 16.3. The Morgan fingerprint density at radius 2 is 2.17 bits per heavy atom. The number of hydrogen-bond acceptors (Lipinski definition) is 5. The van der Waals surface area contributed by atoms with Crippen LogP contribution in [0.2, 0.25) is 0 Å². The van der Waals surface area contributed by atoms with Crippen molar-refractivity contribution in [1.82, 2.24) is 10.6 Å². The number of nitrogens with one attached hydrogen (secondary N) is 2. The molecule has 9 heteroatoms. The molecule has 138 valence electrons. The van der Waals surface area contributed by atoms with E-state index in [9.17, 15) is 8.42 Å². The highest BCUT2D eigenvalue weighted by molar-refractivity contribution is 14.0. The minimum absolute atomic E-state index is 0. The molecule has 1 rings (SSSR count). The van der Waals surface area contributed by atoms with Crippen LogP contribution in [0, 0.1) is 5.92 Å². The van der Waals surface area contributed by atoms with Crippen LogP contribution in [0.4, 0.5) is 0 Å². The molecule has 1 aliphatic rings. The van der Waals surface area contributed by atoms with Crippen molar-refractivity contribution in [3.8, 4) is 0 Å². The highest BCUT2D eigenvalue weighted by Crippen LogP contribution is 2.12. The second-order valence-electron chi connectivity index (χ2n) is 5.48. The summed E-state index contributed by atoms with van der Waals surface area (Å²) in [6.45, 7) is 6.83. The number of sulfone groups is 1. The van der Waals surface area contributed by atoms with Gasteiger partial charge in [0.15, 0.2) is 5.96 Å². The molecule has 1 atom stereocenters. The summed E-state index contributed by atoms with van der Waals surface area (Å²) in [4.78, 5) is 4.40. The first-order valence-corrected chi connectivity index (χ1v) is 9.92. The first kappa shape index (κ1) is 22.9. The Kier molecular flexibility index (Phi) is 13.1.